The molecule has 2 aliphatic rings. The molecule has 6 rings (SSSR count). The van der Waals surface area contributed by atoms with E-state index in [-0.39, 0.29) is 35.4 Å². The van der Waals surface area contributed by atoms with Gasteiger partial charge in [-0.1, -0.05) is 6.92 Å². The van der Waals surface area contributed by atoms with Crippen molar-refractivity contribution in [1.29, 1.82) is 0 Å². The molecule has 1 aliphatic carbocycles. The van der Waals surface area contributed by atoms with Gasteiger partial charge in [0.15, 0.2) is 5.82 Å². The van der Waals surface area contributed by atoms with Crippen LogP contribution < -0.4 is 26.0 Å². The second kappa shape index (κ2) is 15.0. The standard InChI is InChI=1S/C35H42F3N9O4/c1-4-20-15-21(16-22-19-39-32(44-31(20)22)40-23-5-7-24(8-6-23)42-34(49)50)28-18-30(45-47(28)3)43-33(48)41-25-9-10-29(27(17-25)35(36,37)38)51-26-11-13-46(2)14-12-26/h9-10,15-19,23-24,26,42H,4-8,11-14H2,1-3H3,(H,49,50)(H,39,40,44)(H2,41,43,45,48). The fourth-order valence-corrected chi connectivity index (χ4v) is 6.74. The van der Waals surface area contributed by atoms with Gasteiger partial charge in [0, 0.05) is 61.1 Å². The van der Waals surface area contributed by atoms with Gasteiger partial charge in [-0.2, -0.15) is 18.3 Å². The number of rotatable bonds is 9. The molecule has 2 aromatic carbocycles. The van der Waals surface area contributed by atoms with Gasteiger partial charge in [0.2, 0.25) is 5.95 Å². The molecule has 51 heavy (non-hydrogen) atoms. The van der Waals surface area contributed by atoms with Crippen molar-refractivity contribution in [3.05, 3.63) is 53.7 Å². The summed E-state index contributed by atoms with van der Waals surface area (Å²) in [7, 11) is 3.70. The predicted molar refractivity (Wildman–Crippen MR) is 187 cm³/mol. The number of carbonyl (C=O) groups excluding carboxylic acids is 1. The molecule has 0 radical (unpaired) electrons. The van der Waals surface area contributed by atoms with Crippen molar-refractivity contribution in [2.24, 2.45) is 7.05 Å². The van der Waals surface area contributed by atoms with E-state index in [1.54, 1.807) is 24.0 Å². The Hall–Kier alpha value is -5.12. The minimum atomic E-state index is -4.67. The number of fused-ring (bicyclic) bond motifs is 1. The third kappa shape index (κ3) is 8.79. The fourth-order valence-electron chi connectivity index (χ4n) is 6.74. The first-order chi connectivity index (χ1) is 24.3. The first-order valence-electron chi connectivity index (χ1n) is 17.1. The largest absolute Gasteiger partial charge is 0.490 e. The number of hydrogen-bond donors (Lipinski definition) is 5. The number of aromatic nitrogens is 4. The van der Waals surface area contributed by atoms with E-state index < -0.39 is 23.9 Å². The number of anilines is 3. The van der Waals surface area contributed by atoms with E-state index in [1.807, 2.05) is 26.1 Å². The van der Waals surface area contributed by atoms with Crippen molar-refractivity contribution in [2.45, 2.75) is 76.2 Å². The summed E-state index contributed by atoms with van der Waals surface area (Å²) < 4.78 is 49.3. The van der Waals surface area contributed by atoms with E-state index in [0.717, 1.165) is 66.9 Å². The topological polar surface area (TPSA) is 159 Å². The normalized spacial score (nSPS) is 18.7. The number of hydrogen-bond acceptors (Lipinski definition) is 8. The number of urea groups is 1. The van der Waals surface area contributed by atoms with Crippen LogP contribution in [0.4, 0.5) is 40.2 Å². The quantitative estimate of drug-likeness (QED) is 0.127. The minimum Gasteiger partial charge on any atom is -0.490 e. The molecule has 0 bridgehead atoms. The number of alkyl halides is 3. The molecule has 13 nitrogen and oxygen atoms in total. The van der Waals surface area contributed by atoms with Gasteiger partial charge in [0.05, 0.1) is 16.8 Å². The zero-order valence-corrected chi connectivity index (χ0v) is 28.7. The van der Waals surface area contributed by atoms with Gasteiger partial charge >= 0.3 is 18.3 Å². The number of nitrogens with zero attached hydrogens (tertiary/aromatic N) is 5. The highest BCUT2D eigenvalue weighted by Crippen LogP contribution is 2.39. The Balaban J connectivity index is 1.12. The van der Waals surface area contributed by atoms with E-state index in [4.69, 9.17) is 14.8 Å². The summed E-state index contributed by atoms with van der Waals surface area (Å²) in [4.78, 5) is 35.3. The van der Waals surface area contributed by atoms with Crippen LogP contribution >= 0.6 is 0 Å². The van der Waals surface area contributed by atoms with Crippen molar-refractivity contribution in [3.63, 3.8) is 0 Å². The van der Waals surface area contributed by atoms with E-state index in [9.17, 15) is 22.8 Å². The molecular weight excluding hydrogens is 667 g/mol. The molecule has 1 saturated heterocycles. The lowest BCUT2D eigenvalue weighted by Gasteiger charge is -2.30. The van der Waals surface area contributed by atoms with E-state index in [2.05, 4.69) is 36.2 Å². The Bertz CT molecular complexity index is 1880. The lowest BCUT2D eigenvalue weighted by atomic mass is 9.91. The molecule has 2 fully saturated rings. The number of piperidine rings is 1. The molecule has 0 unspecified atom stereocenters. The molecule has 0 atom stereocenters. The zero-order chi connectivity index (χ0) is 36.3. The maximum atomic E-state index is 14.0. The Labute approximate surface area is 293 Å². The Kier molecular flexibility index (Phi) is 10.5. The molecule has 3 amide bonds. The second-order valence-corrected chi connectivity index (χ2v) is 13.2. The van der Waals surface area contributed by atoms with Crippen LogP contribution in [0.3, 0.4) is 0 Å². The summed E-state index contributed by atoms with van der Waals surface area (Å²) in [5.41, 5.74) is 2.33. The monoisotopic (exact) mass is 709 g/mol. The number of likely N-dealkylation sites (tertiary alicyclic amines) is 1. The molecule has 5 N–H and O–H groups in total. The summed E-state index contributed by atoms with van der Waals surface area (Å²) in [6.45, 7) is 3.52. The number of nitrogens with one attached hydrogen (secondary N) is 4. The maximum absolute atomic E-state index is 14.0. The van der Waals surface area contributed by atoms with Crippen molar-refractivity contribution in [1.82, 2.24) is 30.0 Å². The Morgan fingerprint density at radius 3 is 2.39 bits per heavy atom. The van der Waals surface area contributed by atoms with Gasteiger partial charge in [-0.05, 0) is 87.9 Å². The maximum Gasteiger partial charge on any atom is 0.420 e. The highest BCUT2D eigenvalue weighted by molar-refractivity contribution is 5.99. The average molecular weight is 710 g/mol. The van der Waals surface area contributed by atoms with Crippen molar-refractivity contribution >= 4 is 40.5 Å². The van der Waals surface area contributed by atoms with Crippen LogP contribution in [0.25, 0.3) is 22.2 Å². The van der Waals surface area contributed by atoms with Gasteiger partial charge in [0.25, 0.3) is 0 Å². The lowest BCUT2D eigenvalue weighted by Crippen LogP contribution is -2.39. The van der Waals surface area contributed by atoms with Crippen LogP contribution in [0.2, 0.25) is 0 Å². The van der Waals surface area contributed by atoms with Crippen LogP contribution in [0, 0.1) is 0 Å². The first-order valence-corrected chi connectivity index (χ1v) is 17.1. The molecule has 272 valence electrons. The molecular formula is C35H42F3N9O4. The van der Waals surface area contributed by atoms with Crippen LogP contribution in [0.5, 0.6) is 5.75 Å². The van der Waals surface area contributed by atoms with Gasteiger partial charge in [-0.15, -0.1) is 0 Å². The van der Waals surface area contributed by atoms with E-state index >= 15 is 0 Å². The Morgan fingerprint density at radius 1 is 0.980 bits per heavy atom. The zero-order valence-electron chi connectivity index (χ0n) is 28.7. The van der Waals surface area contributed by atoms with Crippen molar-refractivity contribution < 1.29 is 32.6 Å². The average Bonchev–Trinajstić information content (AvgIpc) is 3.45. The molecule has 16 heteroatoms. The summed E-state index contributed by atoms with van der Waals surface area (Å²) in [5, 5.41) is 25.3. The summed E-state index contributed by atoms with van der Waals surface area (Å²) in [5.74, 6) is 0.469. The third-order valence-corrected chi connectivity index (χ3v) is 9.45. The molecule has 1 saturated carbocycles. The molecule has 3 heterocycles. The number of carbonyl (C=O) groups is 2. The third-order valence-electron chi connectivity index (χ3n) is 9.45. The van der Waals surface area contributed by atoms with Crippen molar-refractivity contribution in [3.8, 4) is 17.0 Å². The first kappa shape index (κ1) is 35.7. The van der Waals surface area contributed by atoms with E-state index in [0.29, 0.717) is 30.9 Å². The van der Waals surface area contributed by atoms with Gasteiger partial charge in [-0.3, -0.25) is 10.00 Å². The number of ether oxygens (including phenoxy) is 1. The van der Waals surface area contributed by atoms with Crippen LogP contribution in [0.1, 0.15) is 56.6 Å². The Morgan fingerprint density at radius 2 is 1.71 bits per heavy atom. The predicted octanol–water partition coefficient (Wildman–Crippen LogP) is 6.72. The smallest absolute Gasteiger partial charge is 0.420 e. The summed E-state index contributed by atoms with van der Waals surface area (Å²) >= 11 is 0. The SMILES string of the molecule is CCc1cc(-c2cc(NC(=O)Nc3ccc(OC4CCN(C)CC4)c(C(F)(F)F)c3)nn2C)cc2cnc(NC3CCC(NC(=O)O)CC3)nc12. The van der Waals surface area contributed by atoms with Gasteiger partial charge in [-0.25, -0.2) is 19.6 Å². The van der Waals surface area contributed by atoms with Gasteiger partial charge < -0.3 is 30.7 Å². The lowest BCUT2D eigenvalue weighted by molar-refractivity contribution is -0.139. The molecule has 4 aromatic rings. The molecule has 0 spiro atoms. The number of amides is 3. The highest BCUT2D eigenvalue weighted by Gasteiger charge is 2.36. The summed E-state index contributed by atoms with van der Waals surface area (Å²) in [6, 6.07) is 8.50. The van der Waals surface area contributed by atoms with Crippen molar-refractivity contribution in [2.75, 3.05) is 36.1 Å². The van der Waals surface area contributed by atoms with Crippen LogP contribution in [0.15, 0.2) is 42.6 Å². The number of carboxylic acid groups (broad SMARTS) is 1. The highest BCUT2D eigenvalue weighted by atomic mass is 19.4. The van der Waals surface area contributed by atoms with E-state index in [1.165, 1.54) is 12.1 Å². The molecule has 1 aliphatic heterocycles. The number of aryl methyl sites for hydroxylation is 2. The van der Waals surface area contributed by atoms with Gasteiger partial charge in [0.1, 0.15) is 11.9 Å². The fraction of sp³-hybridized carbons (Fsp3) is 0.457. The van der Waals surface area contributed by atoms with Crippen LogP contribution in [-0.2, 0) is 19.6 Å². The number of benzene rings is 2. The summed E-state index contributed by atoms with van der Waals surface area (Å²) in [6.07, 6.45) is 0.809. The molecule has 2 aromatic heterocycles. The minimum absolute atomic E-state index is 0.0365. The van der Waals surface area contributed by atoms with Crippen LogP contribution in [-0.4, -0.2) is 80.2 Å². The number of halogens is 3. The second-order valence-electron chi connectivity index (χ2n) is 13.2.